The molecular weight excluding hydrogens is 115 g/mol. The van der Waals surface area contributed by atoms with E-state index in [-0.39, 0.29) is 18.9 Å². The minimum absolute atomic E-state index is 0. The van der Waals surface area contributed by atoms with Gasteiger partial charge in [-0.15, -0.1) is 0 Å². The van der Waals surface area contributed by atoms with Crippen molar-refractivity contribution in [2.75, 3.05) is 0 Å². The van der Waals surface area contributed by atoms with Crippen molar-refractivity contribution in [2.24, 2.45) is 5.41 Å². The van der Waals surface area contributed by atoms with E-state index in [2.05, 4.69) is 39.0 Å². The molecule has 1 heteroatoms. The molecule has 0 N–H and O–H groups in total. The van der Waals surface area contributed by atoms with Gasteiger partial charge >= 0.3 is 18.9 Å². The first kappa shape index (κ1) is 10.1. The van der Waals surface area contributed by atoms with Crippen LogP contribution in [0.1, 0.15) is 27.2 Å². The van der Waals surface area contributed by atoms with Crippen LogP contribution in [0.4, 0.5) is 0 Å². The molecule has 0 nitrogen and oxygen atoms in total. The van der Waals surface area contributed by atoms with Gasteiger partial charge < -0.3 is 0 Å². The summed E-state index contributed by atoms with van der Waals surface area (Å²) >= 11 is 0. The van der Waals surface area contributed by atoms with Crippen molar-refractivity contribution < 1.29 is 18.9 Å². The average molecular weight is 129 g/mol. The molecule has 0 bridgehead atoms. The van der Waals surface area contributed by atoms with Crippen LogP contribution < -0.4 is 18.9 Å². The summed E-state index contributed by atoms with van der Waals surface area (Å²) < 4.78 is 0. The van der Waals surface area contributed by atoms with Gasteiger partial charge in [-0.3, -0.25) is 0 Å². The van der Waals surface area contributed by atoms with Crippen LogP contribution in [0.15, 0.2) is 23.8 Å². The molecule has 0 saturated heterocycles. The van der Waals surface area contributed by atoms with E-state index >= 15 is 0 Å². The molecule has 1 aliphatic carbocycles. The number of hydrogen-bond acceptors (Lipinski definition) is 0. The Morgan fingerprint density at radius 2 is 1.90 bits per heavy atom. The second-order valence-electron chi connectivity index (χ2n) is 3.57. The van der Waals surface area contributed by atoms with Crippen molar-refractivity contribution in [3.05, 3.63) is 23.8 Å². The third kappa shape index (κ3) is 2.37. The third-order valence-electron chi connectivity index (χ3n) is 1.73. The summed E-state index contributed by atoms with van der Waals surface area (Å²) in [5.41, 5.74) is 1.92. The zero-order valence-corrected chi connectivity index (χ0v) is 7.44. The first-order valence-corrected chi connectivity index (χ1v) is 3.47. The first-order valence-electron chi connectivity index (χ1n) is 3.47. The van der Waals surface area contributed by atoms with Crippen molar-refractivity contribution in [3.63, 3.8) is 0 Å². The SMILES string of the molecule is CC(C)(C)C1=CC=CC1.[Li+]. The summed E-state index contributed by atoms with van der Waals surface area (Å²) in [5.74, 6) is 0. The quantitative estimate of drug-likeness (QED) is 0.401. The summed E-state index contributed by atoms with van der Waals surface area (Å²) in [4.78, 5) is 0. The zero-order valence-electron chi connectivity index (χ0n) is 7.44. The maximum atomic E-state index is 2.26. The molecule has 1 rings (SSSR count). The smallest absolute Gasteiger partial charge is 0.0804 e. The molecule has 0 fully saturated rings. The Morgan fingerprint density at radius 3 is 2.10 bits per heavy atom. The van der Waals surface area contributed by atoms with Gasteiger partial charge in [0.1, 0.15) is 0 Å². The van der Waals surface area contributed by atoms with Crippen LogP contribution in [-0.4, -0.2) is 0 Å². The zero-order chi connectivity index (χ0) is 6.91. The first-order chi connectivity index (χ1) is 4.11. The molecule has 50 valence electrons. The average Bonchev–Trinajstić information content (AvgIpc) is 2.08. The Kier molecular flexibility index (Phi) is 3.49. The van der Waals surface area contributed by atoms with Crippen molar-refractivity contribution in [1.82, 2.24) is 0 Å². The molecule has 0 spiro atoms. The van der Waals surface area contributed by atoms with E-state index in [9.17, 15) is 0 Å². The Bertz CT molecular complexity index is 158. The second kappa shape index (κ2) is 3.46. The molecule has 0 unspecified atom stereocenters. The number of hydrogen-bond donors (Lipinski definition) is 0. The van der Waals surface area contributed by atoms with Gasteiger partial charge in [-0.25, -0.2) is 0 Å². The molecule has 0 aromatic heterocycles. The Balaban J connectivity index is 0.000000810. The summed E-state index contributed by atoms with van der Waals surface area (Å²) in [6.07, 6.45) is 7.73. The fourth-order valence-corrected chi connectivity index (χ4v) is 1.00. The fraction of sp³-hybridized carbons (Fsp3) is 0.556. The molecule has 0 atom stereocenters. The van der Waals surface area contributed by atoms with Crippen LogP contribution in [0.5, 0.6) is 0 Å². The van der Waals surface area contributed by atoms with Crippen LogP contribution in [0, 0.1) is 5.41 Å². The standard InChI is InChI=1S/C9H14.Li/c1-9(2,3)8-6-4-5-7-8;/h4-6H,7H2,1-3H3;/q;+1. The predicted octanol–water partition coefficient (Wildman–Crippen LogP) is -0.0772. The molecule has 0 amide bonds. The van der Waals surface area contributed by atoms with E-state index in [1.165, 1.54) is 0 Å². The summed E-state index contributed by atoms with van der Waals surface area (Å²) in [7, 11) is 0. The van der Waals surface area contributed by atoms with E-state index in [1.54, 1.807) is 5.57 Å². The molecule has 0 radical (unpaired) electrons. The molecule has 0 saturated carbocycles. The van der Waals surface area contributed by atoms with Gasteiger partial charge in [-0.2, -0.15) is 0 Å². The summed E-state index contributed by atoms with van der Waals surface area (Å²) in [6.45, 7) is 6.77. The van der Waals surface area contributed by atoms with E-state index in [4.69, 9.17) is 0 Å². The Hall–Kier alpha value is 0.0774. The minimum atomic E-state index is 0. The van der Waals surface area contributed by atoms with Gasteiger partial charge in [-0.1, -0.05) is 44.6 Å². The van der Waals surface area contributed by atoms with Gasteiger partial charge in [-0.05, 0) is 11.8 Å². The third-order valence-corrected chi connectivity index (χ3v) is 1.73. The van der Waals surface area contributed by atoms with Crippen molar-refractivity contribution in [1.29, 1.82) is 0 Å². The maximum Gasteiger partial charge on any atom is 1.00 e. The van der Waals surface area contributed by atoms with E-state index in [0.29, 0.717) is 5.41 Å². The van der Waals surface area contributed by atoms with Gasteiger partial charge in [0.05, 0.1) is 0 Å². The van der Waals surface area contributed by atoms with Gasteiger partial charge in [0.2, 0.25) is 0 Å². The maximum absolute atomic E-state index is 2.26. The van der Waals surface area contributed by atoms with Gasteiger partial charge in [0, 0.05) is 0 Å². The van der Waals surface area contributed by atoms with Crippen LogP contribution >= 0.6 is 0 Å². The van der Waals surface area contributed by atoms with E-state index in [1.807, 2.05) is 0 Å². The normalized spacial score (nSPS) is 16.5. The number of allylic oxidation sites excluding steroid dienone is 4. The Morgan fingerprint density at radius 1 is 1.30 bits per heavy atom. The summed E-state index contributed by atoms with van der Waals surface area (Å²) in [5, 5.41) is 0. The van der Waals surface area contributed by atoms with Gasteiger partial charge in [0.25, 0.3) is 0 Å². The predicted molar refractivity (Wildman–Crippen MR) is 41.3 cm³/mol. The Labute approximate surface area is 75.6 Å². The molecule has 0 heterocycles. The molecular formula is C9H14Li+. The van der Waals surface area contributed by atoms with Crippen molar-refractivity contribution in [2.45, 2.75) is 27.2 Å². The van der Waals surface area contributed by atoms with Gasteiger partial charge in [0.15, 0.2) is 0 Å². The molecule has 1 aliphatic rings. The van der Waals surface area contributed by atoms with E-state index in [0.717, 1.165) is 6.42 Å². The topological polar surface area (TPSA) is 0 Å². The molecule has 0 aromatic carbocycles. The van der Waals surface area contributed by atoms with Crippen LogP contribution in [-0.2, 0) is 0 Å². The monoisotopic (exact) mass is 129 g/mol. The van der Waals surface area contributed by atoms with Crippen LogP contribution in [0.3, 0.4) is 0 Å². The van der Waals surface area contributed by atoms with Crippen LogP contribution in [0.25, 0.3) is 0 Å². The van der Waals surface area contributed by atoms with Crippen molar-refractivity contribution in [3.8, 4) is 0 Å². The summed E-state index contributed by atoms with van der Waals surface area (Å²) in [6, 6.07) is 0. The molecule has 0 aliphatic heterocycles. The molecule has 0 aromatic rings. The molecule has 10 heavy (non-hydrogen) atoms. The second-order valence-corrected chi connectivity index (χ2v) is 3.57. The van der Waals surface area contributed by atoms with E-state index < -0.39 is 0 Å². The fourth-order valence-electron chi connectivity index (χ4n) is 1.00. The van der Waals surface area contributed by atoms with Crippen LogP contribution in [0.2, 0.25) is 0 Å². The largest absolute Gasteiger partial charge is 1.00 e. The minimum Gasteiger partial charge on any atom is -0.0804 e. The van der Waals surface area contributed by atoms with Crippen molar-refractivity contribution >= 4 is 0 Å². The number of rotatable bonds is 0.